The number of hydrogen-bond acceptors (Lipinski definition) is 6. The van der Waals surface area contributed by atoms with Crippen LogP contribution in [-0.4, -0.2) is 66.5 Å². The number of nitrogens with one attached hydrogen (secondary N) is 2. The first kappa shape index (κ1) is 21.2. The highest BCUT2D eigenvalue weighted by atomic mass is 16.5. The maximum Gasteiger partial charge on any atom is 0.237 e. The maximum absolute atomic E-state index is 12.7. The van der Waals surface area contributed by atoms with Crippen LogP contribution in [0.15, 0.2) is 24.5 Å². The van der Waals surface area contributed by atoms with Crippen LogP contribution in [0.5, 0.6) is 0 Å². The van der Waals surface area contributed by atoms with Crippen LogP contribution in [0.2, 0.25) is 0 Å². The first-order chi connectivity index (χ1) is 13.9. The molecule has 9 nitrogen and oxygen atoms in total. The van der Waals surface area contributed by atoms with Crippen LogP contribution < -0.4 is 16.4 Å². The number of nitrogens with zero attached hydrogens (tertiary/aromatic N) is 2. The van der Waals surface area contributed by atoms with E-state index in [0.29, 0.717) is 26.2 Å². The largest absolute Gasteiger partial charge is 0.380 e. The van der Waals surface area contributed by atoms with Gasteiger partial charge in [-0.2, -0.15) is 0 Å². The van der Waals surface area contributed by atoms with Crippen LogP contribution in [0.3, 0.4) is 0 Å². The van der Waals surface area contributed by atoms with E-state index in [1.165, 1.54) is 0 Å². The molecule has 2 saturated heterocycles. The number of ether oxygens (including phenoxy) is 1. The highest BCUT2D eigenvalue weighted by molar-refractivity contribution is 5.90. The molecule has 3 amide bonds. The van der Waals surface area contributed by atoms with Gasteiger partial charge in [0.25, 0.3) is 0 Å². The lowest BCUT2D eigenvalue weighted by molar-refractivity contribution is -0.128. The van der Waals surface area contributed by atoms with E-state index in [1.807, 2.05) is 6.07 Å². The summed E-state index contributed by atoms with van der Waals surface area (Å²) in [4.78, 5) is 42.2. The third kappa shape index (κ3) is 4.73. The summed E-state index contributed by atoms with van der Waals surface area (Å²) in [6.07, 6.45) is 5.69. The first-order valence-electron chi connectivity index (χ1n) is 10.0. The van der Waals surface area contributed by atoms with Gasteiger partial charge in [-0.15, -0.1) is 0 Å². The second kappa shape index (κ2) is 9.32. The van der Waals surface area contributed by atoms with E-state index in [-0.39, 0.29) is 30.2 Å². The summed E-state index contributed by atoms with van der Waals surface area (Å²) in [5.74, 6) is -1.04. The zero-order valence-electron chi connectivity index (χ0n) is 16.7. The van der Waals surface area contributed by atoms with Crippen molar-refractivity contribution < 1.29 is 19.1 Å². The van der Waals surface area contributed by atoms with Crippen molar-refractivity contribution >= 4 is 17.7 Å². The molecule has 3 rings (SSSR count). The zero-order chi connectivity index (χ0) is 20.9. The number of likely N-dealkylation sites (tertiary alicyclic amines) is 1. The summed E-state index contributed by atoms with van der Waals surface area (Å²) in [6, 6.07) is 3.36. The summed E-state index contributed by atoms with van der Waals surface area (Å²) in [5.41, 5.74) is 5.69. The zero-order valence-corrected chi connectivity index (χ0v) is 16.7. The fourth-order valence-corrected chi connectivity index (χ4v) is 4.19. The summed E-state index contributed by atoms with van der Waals surface area (Å²) in [7, 11) is 1.71. The van der Waals surface area contributed by atoms with Crippen LogP contribution in [0.4, 0.5) is 0 Å². The molecule has 29 heavy (non-hydrogen) atoms. The van der Waals surface area contributed by atoms with Gasteiger partial charge < -0.3 is 26.0 Å². The Morgan fingerprint density at radius 2 is 2.28 bits per heavy atom. The minimum absolute atomic E-state index is 0.0592. The smallest absolute Gasteiger partial charge is 0.237 e. The molecule has 2 aliphatic heterocycles. The third-order valence-electron chi connectivity index (χ3n) is 5.88. The Bertz CT molecular complexity index is 736. The Balaban J connectivity index is 1.44. The summed E-state index contributed by atoms with van der Waals surface area (Å²) in [5, 5.41) is 6.03. The number of amides is 3. The molecule has 1 aromatic rings. The fourth-order valence-electron chi connectivity index (χ4n) is 4.19. The number of primary amides is 1. The topological polar surface area (TPSA) is 127 Å². The van der Waals surface area contributed by atoms with Crippen molar-refractivity contribution in [3.05, 3.63) is 30.1 Å². The molecular formula is C20H29N5O4. The third-order valence-corrected chi connectivity index (χ3v) is 5.88. The quantitative estimate of drug-likeness (QED) is 0.487. The van der Waals surface area contributed by atoms with Crippen molar-refractivity contribution in [2.45, 2.75) is 37.3 Å². The summed E-state index contributed by atoms with van der Waals surface area (Å²) < 4.78 is 5.59. The van der Waals surface area contributed by atoms with Crippen LogP contribution in [0.25, 0.3) is 0 Å². The van der Waals surface area contributed by atoms with Crippen LogP contribution in [-0.2, 0) is 19.1 Å². The van der Waals surface area contributed by atoms with E-state index in [2.05, 4.69) is 15.6 Å². The predicted octanol–water partition coefficient (Wildman–Crippen LogP) is -0.269. The normalized spacial score (nSPS) is 26.7. The van der Waals surface area contributed by atoms with Crippen molar-refractivity contribution in [3.63, 3.8) is 0 Å². The molecule has 0 aromatic carbocycles. The van der Waals surface area contributed by atoms with Crippen molar-refractivity contribution in [2.24, 2.45) is 11.7 Å². The van der Waals surface area contributed by atoms with E-state index in [9.17, 15) is 14.4 Å². The SMILES string of the molecule is CN1C(=O)C[C@H](C(=O)NCCOCCC2(C(N)=O)CCCN2)[C@H]1c1cccnc1. The van der Waals surface area contributed by atoms with Crippen molar-refractivity contribution in [2.75, 3.05) is 33.4 Å². The predicted molar refractivity (Wildman–Crippen MR) is 105 cm³/mol. The Morgan fingerprint density at radius 3 is 2.93 bits per heavy atom. The molecule has 3 atom stereocenters. The lowest BCUT2D eigenvalue weighted by Gasteiger charge is -2.25. The van der Waals surface area contributed by atoms with Gasteiger partial charge in [-0.3, -0.25) is 19.4 Å². The molecule has 3 heterocycles. The number of carbonyl (C=O) groups is 3. The van der Waals surface area contributed by atoms with Gasteiger partial charge in [0, 0.05) is 39.0 Å². The molecule has 0 saturated carbocycles. The van der Waals surface area contributed by atoms with Crippen molar-refractivity contribution in [3.8, 4) is 0 Å². The minimum Gasteiger partial charge on any atom is -0.380 e. The second-order valence-corrected chi connectivity index (χ2v) is 7.68. The first-order valence-corrected chi connectivity index (χ1v) is 10.0. The molecule has 2 fully saturated rings. The highest BCUT2D eigenvalue weighted by Crippen LogP contribution is 2.36. The Kier molecular flexibility index (Phi) is 6.81. The van der Waals surface area contributed by atoms with Crippen LogP contribution in [0.1, 0.15) is 37.3 Å². The number of rotatable bonds is 9. The Hall–Kier alpha value is -2.52. The van der Waals surface area contributed by atoms with Gasteiger partial charge in [0.1, 0.15) is 0 Å². The number of carbonyl (C=O) groups excluding carboxylic acids is 3. The molecule has 9 heteroatoms. The van der Waals surface area contributed by atoms with E-state index < -0.39 is 11.5 Å². The average Bonchev–Trinajstić information content (AvgIpc) is 3.31. The highest BCUT2D eigenvalue weighted by Gasteiger charge is 2.42. The van der Waals surface area contributed by atoms with Crippen LogP contribution in [0, 0.1) is 5.92 Å². The molecule has 0 radical (unpaired) electrons. The van der Waals surface area contributed by atoms with E-state index >= 15 is 0 Å². The Labute approximate surface area is 170 Å². The van der Waals surface area contributed by atoms with E-state index in [4.69, 9.17) is 10.5 Å². The Morgan fingerprint density at radius 1 is 1.45 bits per heavy atom. The van der Waals surface area contributed by atoms with Crippen molar-refractivity contribution in [1.29, 1.82) is 0 Å². The molecule has 2 aliphatic rings. The molecule has 1 unspecified atom stereocenters. The summed E-state index contributed by atoms with van der Waals surface area (Å²) >= 11 is 0. The lowest BCUT2D eigenvalue weighted by Crippen LogP contribution is -2.52. The van der Waals surface area contributed by atoms with Crippen LogP contribution >= 0.6 is 0 Å². The monoisotopic (exact) mass is 403 g/mol. The second-order valence-electron chi connectivity index (χ2n) is 7.68. The molecule has 0 bridgehead atoms. The molecular weight excluding hydrogens is 374 g/mol. The number of hydrogen-bond donors (Lipinski definition) is 3. The molecule has 4 N–H and O–H groups in total. The average molecular weight is 403 g/mol. The molecule has 158 valence electrons. The van der Waals surface area contributed by atoms with E-state index in [1.54, 1.807) is 30.4 Å². The number of nitrogens with two attached hydrogens (primary N) is 1. The van der Waals surface area contributed by atoms with Gasteiger partial charge in [0.15, 0.2) is 0 Å². The van der Waals surface area contributed by atoms with Gasteiger partial charge >= 0.3 is 0 Å². The van der Waals surface area contributed by atoms with Gasteiger partial charge in [-0.05, 0) is 37.4 Å². The molecule has 0 aliphatic carbocycles. The fraction of sp³-hybridized carbons (Fsp3) is 0.600. The molecule has 1 aromatic heterocycles. The number of pyridine rings is 1. The molecule has 0 spiro atoms. The number of aromatic nitrogens is 1. The lowest BCUT2D eigenvalue weighted by atomic mass is 9.93. The maximum atomic E-state index is 12.7. The van der Waals surface area contributed by atoms with Gasteiger partial charge in [-0.25, -0.2) is 0 Å². The van der Waals surface area contributed by atoms with Gasteiger partial charge in [0.2, 0.25) is 17.7 Å². The van der Waals surface area contributed by atoms with Crippen molar-refractivity contribution in [1.82, 2.24) is 20.5 Å². The van der Waals surface area contributed by atoms with Gasteiger partial charge in [0.05, 0.1) is 24.1 Å². The standard InChI is InChI=1S/C20H29N5O4/c1-25-16(26)12-15(17(25)14-4-2-7-22-13-14)18(27)23-9-11-29-10-6-20(19(21)28)5-3-8-24-20/h2,4,7,13,15,17,24H,3,5-6,8-12H2,1H3,(H2,21,28)(H,23,27)/t15-,17+,20?/m0/s1. The minimum atomic E-state index is -0.672. The van der Waals surface area contributed by atoms with Gasteiger partial charge in [-0.1, -0.05) is 6.07 Å². The summed E-state index contributed by atoms with van der Waals surface area (Å²) in [6.45, 7) is 1.83. The van der Waals surface area contributed by atoms with E-state index in [0.717, 1.165) is 24.9 Å².